The number of carboxylic acid groups (broad SMARTS) is 1. The number of hydrogen-bond acceptors (Lipinski definition) is 3. The Bertz CT molecular complexity index is 496. The van der Waals surface area contributed by atoms with E-state index in [1.807, 2.05) is 6.07 Å². The lowest BCUT2D eigenvalue weighted by Crippen LogP contribution is -2.42. The van der Waals surface area contributed by atoms with Crippen LogP contribution in [0.4, 0.5) is 4.79 Å². The molecular formula is C15H20N2O4. The van der Waals surface area contributed by atoms with Gasteiger partial charge in [0, 0.05) is 26.2 Å². The minimum Gasteiger partial charge on any atom is -0.478 e. The number of rotatable bonds is 4. The van der Waals surface area contributed by atoms with E-state index in [0.29, 0.717) is 39.3 Å². The van der Waals surface area contributed by atoms with Gasteiger partial charge >= 0.3 is 12.0 Å². The molecule has 0 unspecified atom stereocenters. The predicted octanol–water partition coefficient (Wildman–Crippen LogP) is 1.36. The summed E-state index contributed by atoms with van der Waals surface area (Å²) in [7, 11) is 0. The predicted molar refractivity (Wildman–Crippen MR) is 77.5 cm³/mol. The molecule has 1 aliphatic heterocycles. The third kappa shape index (κ3) is 4.75. The van der Waals surface area contributed by atoms with E-state index in [-0.39, 0.29) is 11.6 Å². The van der Waals surface area contributed by atoms with Crippen molar-refractivity contribution in [3.05, 3.63) is 35.4 Å². The van der Waals surface area contributed by atoms with Crippen molar-refractivity contribution < 1.29 is 19.4 Å². The summed E-state index contributed by atoms with van der Waals surface area (Å²) in [6.45, 7) is 3.08. The van der Waals surface area contributed by atoms with Crippen LogP contribution in [0.1, 0.15) is 22.3 Å². The third-order valence-corrected chi connectivity index (χ3v) is 3.37. The molecule has 6 nitrogen and oxygen atoms in total. The fraction of sp³-hybridized carbons (Fsp3) is 0.467. The quantitative estimate of drug-likeness (QED) is 0.878. The number of nitrogens with one attached hydrogen (secondary N) is 1. The van der Waals surface area contributed by atoms with E-state index in [1.54, 1.807) is 23.1 Å². The van der Waals surface area contributed by atoms with Gasteiger partial charge < -0.3 is 20.1 Å². The van der Waals surface area contributed by atoms with Crippen molar-refractivity contribution in [1.82, 2.24) is 10.2 Å². The SMILES string of the molecule is O=C(O)c1cccc(CCNC(=O)N2CCCOCC2)c1. The Balaban J connectivity index is 1.79. The van der Waals surface area contributed by atoms with E-state index in [2.05, 4.69) is 5.32 Å². The van der Waals surface area contributed by atoms with Crippen LogP contribution in [0.15, 0.2) is 24.3 Å². The van der Waals surface area contributed by atoms with Crippen molar-refractivity contribution in [3.63, 3.8) is 0 Å². The Kier molecular flexibility index (Phi) is 5.57. The molecule has 0 saturated carbocycles. The Hall–Kier alpha value is -2.08. The van der Waals surface area contributed by atoms with Crippen molar-refractivity contribution in [2.75, 3.05) is 32.8 Å². The number of nitrogens with zero attached hydrogens (tertiary/aromatic N) is 1. The zero-order valence-corrected chi connectivity index (χ0v) is 11.9. The molecule has 6 heteroatoms. The summed E-state index contributed by atoms with van der Waals surface area (Å²) in [4.78, 5) is 24.6. The molecule has 1 fully saturated rings. The van der Waals surface area contributed by atoms with Crippen LogP contribution in [0, 0.1) is 0 Å². The lowest BCUT2D eigenvalue weighted by molar-refractivity contribution is 0.0696. The average Bonchev–Trinajstić information content (AvgIpc) is 2.76. The van der Waals surface area contributed by atoms with Crippen molar-refractivity contribution in [2.45, 2.75) is 12.8 Å². The molecule has 114 valence electrons. The maximum Gasteiger partial charge on any atom is 0.335 e. The molecular weight excluding hydrogens is 272 g/mol. The lowest BCUT2D eigenvalue weighted by atomic mass is 10.1. The first-order valence-electron chi connectivity index (χ1n) is 7.09. The zero-order valence-electron chi connectivity index (χ0n) is 11.9. The third-order valence-electron chi connectivity index (χ3n) is 3.37. The number of carbonyl (C=O) groups is 2. The van der Waals surface area contributed by atoms with Gasteiger partial charge in [0.1, 0.15) is 0 Å². The van der Waals surface area contributed by atoms with Crippen molar-refractivity contribution in [2.24, 2.45) is 0 Å². The van der Waals surface area contributed by atoms with Gasteiger partial charge in [0.2, 0.25) is 0 Å². The van der Waals surface area contributed by atoms with E-state index >= 15 is 0 Å². The summed E-state index contributed by atoms with van der Waals surface area (Å²) in [5, 5.41) is 11.8. The number of hydrogen-bond donors (Lipinski definition) is 2. The molecule has 0 aliphatic carbocycles. The van der Waals surface area contributed by atoms with E-state index < -0.39 is 5.97 Å². The summed E-state index contributed by atoms with van der Waals surface area (Å²) in [5.41, 5.74) is 1.16. The second-order valence-electron chi connectivity index (χ2n) is 4.94. The smallest absolute Gasteiger partial charge is 0.335 e. The van der Waals surface area contributed by atoms with Crippen LogP contribution in [-0.2, 0) is 11.2 Å². The Morgan fingerprint density at radius 2 is 2.14 bits per heavy atom. The average molecular weight is 292 g/mol. The minimum absolute atomic E-state index is 0.0881. The van der Waals surface area contributed by atoms with Crippen molar-refractivity contribution in [1.29, 1.82) is 0 Å². The second kappa shape index (κ2) is 7.64. The number of carboxylic acids is 1. The number of benzene rings is 1. The number of ether oxygens (including phenoxy) is 1. The second-order valence-corrected chi connectivity index (χ2v) is 4.94. The molecule has 2 amide bonds. The molecule has 1 aromatic rings. The van der Waals surface area contributed by atoms with Gasteiger partial charge in [-0.3, -0.25) is 0 Å². The first-order valence-corrected chi connectivity index (χ1v) is 7.09. The first-order chi connectivity index (χ1) is 10.2. The highest BCUT2D eigenvalue weighted by Crippen LogP contribution is 2.06. The summed E-state index contributed by atoms with van der Waals surface area (Å²) in [6.07, 6.45) is 1.46. The number of carbonyl (C=O) groups excluding carboxylic acids is 1. The summed E-state index contributed by atoms with van der Waals surface area (Å²) in [5.74, 6) is -0.939. The van der Waals surface area contributed by atoms with Crippen LogP contribution < -0.4 is 5.32 Å². The van der Waals surface area contributed by atoms with Gasteiger partial charge in [0.15, 0.2) is 0 Å². The normalized spacial score (nSPS) is 15.3. The Morgan fingerprint density at radius 3 is 2.95 bits per heavy atom. The summed E-state index contributed by atoms with van der Waals surface area (Å²) >= 11 is 0. The van der Waals surface area contributed by atoms with Crippen LogP contribution in [0.3, 0.4) is 0 Å². The monoisotopic (exact) mass is 292 g/mol. The van der Waals surface area contributed by atoms with Gasteiger partial charge in [0.05, 0.1) is 12.2 Å². The van der Waals surface area contributed by atoms with Gasteiger partial charge in [-0.15, -0.1) is 0 Å². The van der Waals surface area contributed by atoms with Crippen LogP contribution in [0.5, 0.6) is 0 Å². The summed E-state index contributed by atoms with van der Waals surface area (Å²) < 4.78 is 5.31. The maximum absolute atomic E-state index is 12.0. The molecule has 1 aromatic carbocycles. The van der Waals surface area contributed by atoms with Crippen molar-refractivity contribution in [3.8, 4) is 0 Å². The topological polar surface area (TPSA) is 78.9 Å². The largest absolute Gasteiger partial charge is 0.478 e. The molecule has 1 heterocycles. The Labute approximate surface area is 123 Å². The molecule has 1 saturated heterocycles. The zero-order chi connectivity index (χ0) is 15.1. The molecule has 1 aliphatic rings. The van der Waals surface area contributed by atoms with Gasteiger partial charge in [-0.05, 0) is 30.5 Å². The van der Waals surface area contributed by atoms with E-state index in [1.165, 1.54) is 0 Å². The Morgan fingerprint density at radius 1 is 1.29 bits per heavy atom. The standard InChI is InChI=1S/C15H20N2O4/c18-14(19)13-4-1-3-12(11-13)5-6-16-15(20)17-7-2-9-21-10-8-17/h1,3-4,11H,2,5-10H2,(H,16,20)(H,18,19). The minimum atomic E-state index is -0.939. The highest BCUT2D eigenvalue weighted by Gasteiger charge is 2.14. The van der Waals surface area contributed by atoms with Gasteiger partial charge in [-0.25, -0.2) is 9.59 Å². The molecule has 2 rings (SSSR count). The lowest BCUT2D eigenvalue weighted by Gasteiger charge is -2.20. The van der Waals surface area contributed by atoms with E-state index in [0.717, 1.165) is 12.0 Å². The number of urea groups is 1. The van der Waals surface area contributed by atoms with Crippen molar-refractivity contribution >= 4 is 12.0 Å². The fourth-order valence-corrected chi connectivity index (χ4v) is 2.23. The van der Waals surface area contributed by atoms with E-state index in [4.69, 9.17) is 9.84 Å². The molecule has 0 bridgehead atoms. The molecule has 0 radical (unpaired) electrons. The van der Waals surface area contributed by atoms with Crippen LogP contribution in [0.25, 0.3) is 0 Å². The van der Waals surface area contributed by atoms with Gasteiger partial charge in [-0.1, -0.05) is 12.1 Å². The van der Waals surface area contributed by atoms with Gasteiger partial charge in [0.25, 0.3) is 0 Å². The molecule has 2 N–H and O–H groups in total. The molecule has 0 atom stereocenters. The van der Waals surface area contributed by atoms with Crippen LogP contribution in [-0.4, -0.2) is 54.9 Å². The molecule has 0 aromatic heterocycles. The highest BCUT2D eigenvalue weighted by molar-refractivity contribution is 5.87. The van der Waals surface area contributed by atoms with Gasteiger partial charge in [-0.2, -0.15) is 0 Å². The molecule has 0 spiro atoms. The fourth-order valence-electron chi connectivity index (χ4n) is 2.23. The molecule has 21 heavy (non-hydrogen) atoms. The van der Waals surface area contributed by atoms with E-state index in [9.17, 15) is 9.59 Å². The van der Waals surface area contributed by atoms with Crippen LogP contribution >= 0.6 is 0 Å². The first kappa shape index (κ1) is 15.3. The number of amides is 2. The maximum atomic E-state index is 12.0. The number of aromatic carboxylic acids is 1. The highest BCUT2D eigenvalue weighted by atomic mass is 16.5. The van der Waals surface area contributed by atoms with Crippen LogP contribution in [0.2, 0.25) is 0 Å². The summed E-state index contributed by atoms with van der Waals surface area (Å²) in [6, 6.07) is 6.68.